The third kappa shape index (κ3) is 5.63. The number of carbonyl (C=O) groups excluding carboxylic acids is 2. The van der Waals surface area contributed by atoms with E-state index in [0.717, 1.165) is 5.56 Å². The number of hydrogen-bond donors (Lipinski definition) is 0. The maximum atomic E-state index is 12.4. The Labute approximate surface area is 170 Å². The Morgan fingerprint density at radius 3 is 1.93 bits per heavy atom. The summed E-state index contributed by atoms with van der Waals surface area (Å²) in [7, 11) is 6.14. The number of ether oxygens (including phenoxy) is 5. The molecule has 0 radical (unpaired) electrons. The average molecular weight is 402 g/mol. The number of Topliss-reactive ketones (excluding diaryl/α,β-unsaturated/α-hetero) is 1. The predicted octanol–water partition coefficient (Wildman–Crippen LogP) is 3.47. The zero-order chi connectivity index (χ0) is 21.4. The van der Waals surface area contributed by atoms with Crippen molar-refractivity contribution in [1.82, 2.24) is 0 Å². The van der Waals surface area contributed by atoms with Gasteiger partial charge in [-0.1, -0.05) is 0 Å². The highest BCUT2D eigenvalue weighted by Crippen LogP contribution is 2.38. The van der Waals surface area contributed by atoms with E-state index in [-0.39, 0.29) is 12.2 Å². The number of ketones is 1. The molecule has 0 aliphatic carbocycles. The van der Waals surface area contributed by atoms with Crippen LogP contribution in [-0.4, -0.2) is 46.3 Å². The molecule has 156 valence electrons. The quantitative estimate of drug-likeness (QED) is 0.445. The minimum absolute atomic E-state index is 0.110. The molecule has 2 aromatic rings. The summed E-state index contributed by atoms with van der Waals surface area (Å²) in [5, 5.41) is 0. The molecule has 0 heterocycles. The first kappa shape index (κ1) is 22.1. The van der Waals surface area contributed by atoms with Gasteiger partial charge in [-0.2, -0.15) is 0 Å². The lowest BCUT2D eigenvalue weighted by Crippen LogP contribution is -2.24. The number of rotatable bonds is 10. The van der Waals surface area contributed by atoms with Gasteiger partial charge in [0.25, 0.3) is 0 Å². The molecule has 2 aromatic carbocycles. The van der Waals surface area contributed by atoms with Crippen LogP contribution in [0.5, 0.6) is 23.0 Å². The van der Waals surface area contributed by atoms with E-state index in [1.807, 2.05) is 0 Å². The summed E-state index contributed by atoms with van der Waals surface area (Å²) in [6.45, 7) is 1.56. The Morgan fingerprint density at radius 2 is 1.45 bits per heavy atom. The van der Waals surface area contributed by atoms with E-state index in [2.05, 4.69) is 0 Å². The lowest BCUT2D eigenvalue weighted by atomic mass is 10.1. The third-order valence-electron chi connectivity index (χ3n) is 4.39. The number of hydrogen-bond acceptors (Lipinski definition) is 7. The molecule has 0 spiro atoms. The van der Waals surface area contributed by atoms with Gasteiger partial charge in [-0.25, -0.2) is 0 Å². The van der Waals surface area contributed by atoms with Crippen molar-refractivity contribution >= 4 is 11.8 Å². The molecule has 1 atom stereocenters. The number of benzene rings is 2. The number of carbonyl (C=O) groups is 2. The maximum Gasteiger partial charge on any atom is 0.306 e. The summed E-state index contributed by atoms with van der Waals surface area (Å²) < 4.78 is 26.3. The van der Waals surface area contributed by atoms with Crippen LogP contribution in [-0.2, 0) is 16.0 Å². The van der Waals surface area contributed by atoms with Crippen LogP contribution < -0.4 is 18.9 Å². The third-order valence-corrected chi connectivity index (χ3v) is 4.39. The lowest BCUT2D eigenvalue weighted by Gasteiger charge is -2.15. The monoisotopic (exact) mass is 402 g/mol. The van der Waals surface area contributed by atoms with Crippen molar-refractivity contribution in [2.45, 2.75) is 25.9 Å². The first-order chi connectivity index (χ1) is 13.9. The molecule has 0 aliphatic rings. The first-order valence-electron chi connectivity index (χ1n) is 9.10. The molecule has 0 bridgehead atoms. The molecule has 7 nitrogen and oxygen atoms in total. The molecule has 0 amide bonds. The van der Waals surface area contributed by atoms with Crippen molar-refractivity contribution in [3.63, 3.8) is 0 Å². The van der Waals surface area contributed by atoms with Crippen molar-refractivity contribution in [3.8, 4) is 23.0 Å². The minimum Gasteiger partial charge on any atom is -0.497 e. The fourth-order valence-electron chi connectivity index (χ4n) is 2.83. The lowest BCUT2D eigenvalue weighted by molar-refractivity contribution is -0.146. The second kappa shape index (κ2) is 10.4. The Bertz CT molecular complexity index is 818. The summed E-state index contributed by atoms with van der Waals surface area (Å²) in [5.74, 6) is 1.43. The molecule has 2 rings (SSSR count). The van der Waals surface area contributed by atoms with Crippen molar-refractivity contribution in [2.75, 3.05) is 28.4 Å². The van der Waals surface area contributed by atoms with Gasteiger partial charge < -0.3 is 23.7 Å². The summed E-state index contributed by atoms with van der Waals surface area (Å²) >= 11 is 0. The van der Waals surface area contributed by atoms with Crippen molar-refractivity contribution in [2.24, 2.45) is 0 Å². The van der Waals surface area contributed by atoms with E-state index in [4.69, 9.17) is 23.7 Å². The van der Waals surface area contributed by atoms with Gasteiger partial charge in [0, 0.05) is 12.0 Å². The highest BCUT2D eigenvalue weighted by molar-refractivity contribution is 6.00. The second-order valence-corrected chi connectivity index (χ2v) is 6.26. The van der Waals surface area contributed by atoms with E-state index in [0.29, 0.717) is 35.0 Å². The normalized spacial score (nSPS) is 11.3. The highest BCUT2D eigenvalue weighted by atomic mass is 16.5. The van der Waals surface area contributed by atoms with Crippen LogP contribution in [0.4, 0.5) is 0 Å². The van der Waals surface area contributed by atoms with Gasteiger partial charge >= 0.3 is 5.97 Å². The number of methoxy groups -OCH3 is 4. The molecule has 0 saturated carbocycles. The predicted molar refractivity (Wildman–Crippen MR) is 107 cm³/mol. The number of esters is 1. The first-order valence-corrected chi connectivity index (χ1v) is 9.10. The van der Waals surface area contributed by atoms with Gasteiger partial charge in [0.1, 0.15) is 5.75 Å². The average Bonchev–Trinajstić information content (AvgIpc) is 2.76. The fourth-order valence-corrected chi connectivity index (χ4v) is 2.83. The van der Waals surface area contributed by atoms with Crippen LogP contribution in [0.1, 0.15) is 29.3 Å². The van der Waals surface area contributed by atoms with Gasteiger partial charge in [-0.3, -0.25) is 9.59 Å². The maximum absolute atomic E-state index is 12.4. The second-order valence-electron chi connectivity index (χ2n) is 6.26. The summed E-state index contributed by atoms with van der Waals surface area (Å²) in [5.41, 5.74) is 1.28. The summed E-state index contributed by atoms with van der Waals surface area (Å²) in [6, 6.07) is 10.2. The van der Waals surface area contributed by atoms with Crippen LogP contribution in [0.15, 0.2) is 36.4 Å². The summed E-state index contributed by atoms with van der Waals surface area (Å²) in [6.07, 6.45) is -0.367. The molecule has 0 fully saturated rings. The van der Waals surface area contributed by atoms with Gasteiger partial charge in [-0.15, -0.1) is 0 Å². The van der Waals surface area contributed by atoms with E-state index in [9.17, 15) is 9.59 Å². The molecule has 0 aliphatic heterocycles. The minimum atomic E-state index is -0.879. The van der Waals surface area contributed by atoms with Gasteiger partial charge in [0.2, 0.25) is 11.5 Å². The summed E-state index contributed by atoms with van der Waals surface area (Å²) in [4.78, 5) is 24.6. The van der Waals surface area contributed by atoms with Crippen molar-refractivity contribution < 1.29 is 33.3 Å². The fraction of sp³-hybridized carbons (Fsp3) is 0.364. The Hall–Kier alpha value is -3.22. The Balaban J connectivity index is 1.97. The van der Waals surface area contributed by atoms with Crippen molar-refractivity contribution in [1.29, 1.82) is 0 Å². The largest absolute Gasteiger partial charge is 0.497 e. The molecule has 0 aromatic heterocycles. The molecule has 0 N–H and O–H groups in total. The van der Waals surface area contributed by atoms with Crippen LogP contribution in [0, 0.1) is 0 Å². The SMILES string of the molecule is COc1ccc(C(=O)[C@@H](C)OC(=O)CCc2cc(OC)c(OC)c(OC)c2)cc1. The van der Waals surface area contributed by atoms with Crippen LogP contribution in [0.2, 0.25) is 0 Å². The molecule has 0 unspecified atom stereocenters. The van der Waals surface area contributed by atoms with Gasteiger partial charge in [-0.05, 0) is 55.3 Å². The molecule has 0 saturated heterocycles. The zero-order valence-electron chi connectivity index (χ0n) is 17.3. The van der Waals surface area contributed by atoms with Crippen molar-refractivity contribution in [3.05, 3.63) is 47.5 Å². The molecule has 7 heteroatoms. The van der Waals surface area contributed by atoms with Crippen LogP contribution in [0.25, 0.3) is 0 Å². The van der Waals surface area contributed by atoms with Crippen LogP contribution >= 0.6 is 0 Å². The molecular formula is C22H26O7. The standard InChI is InChI=1S/C22H26O7/c1-14(21(24)16-7-9-17(25-2)10-8-16)29-20(23)11-6-15-12-18(26-3)22(28-5)19(13-15)27-4/h7-10,12-14H,6,11H2,1-5H3/t14-/m1/s1. The Kier molecular flexibility index (Phi) is 7.88. The van der Waals surface area contributed by atoms with Crippen LogP contribution in [0.3, 0.4) is 0 Å². The topological polar surface area (TPSA) is 80.3 Å². The van der Waals surface area contributed by atoms with E-state index in [1.165, 1.54) is 21.3 Å². The zero-order valence-corrected chi connectivity index (χ0v) is 17.3. The van der Waals surface area contributed by atoms with E-state index < -0.39 is 12.1 Å². The highest BCUT2D eigenvalue weighted by Gasteiger charge is 2.20. The van der Waals surface area contributed by atoms with E-state index >= 15 is 0 Å². The molecular weight excluding hydrogens is 376 g/mol. The smallest absolute Gasteiger partial charge is 0.306 e. The molecule has 29 heavy (non-hydrogen) atoms. The van der Waals surface area contributed by atoms with Gasteiger partial charge in [0.05, 0.1) is 28.4 Å². The number of aryl methyl sites for hydroxylation is 1. The Morgan fingerprint density at radius 1 is 0.862 bits per heavy atom. The van der Waals surface area contributed by atoms with Gasteiger partial charge in [0.15, 0.2) is 17.6 Å². The van der Waals surface area contributed by atoms with E-state index in [1.54, 1.807) is 50.4 Å².